The smallest absolute Gasteiger partial charge is 0.311 e. The SMILES string of the molecule is C[C@@H](OC(=O)Cc1ccc(Cl)cc1Cl)C(=O)NC1CC1. The fourth-order valence-electron chi connectivity index (χ4n) is 1.66. The number of esters is 1. The molecular formula is C14H15Cl2NO3. The van der Waals surface area contributed by atoms with Gasteiger partial charge in [0.2, 0.25) is 0 Å². The minimum atomic E-state index is -0.797. The quantitative estimate of drug-likeness (QED) is 0.850. The summed E-state index contributed by atoms with van der Waals surface area (Å²) in [6, 6.07) is 5.13. The third-order valence-corrected chi connectivity index (χ3v) is 3.54. The van der Waals surface area contributed by atoms with Crippen LogP contribution in [0, 0.1) is 0 Å². The summed E-state index contributed by atoms with van der Waals surface area (Å²) in [6.07, 6.45) is 1.20. The molecule has 0 heterocycles. The molecule has 0 radical (unpaired) electrons. The summed E-state index contributed by atoms with van der Waals surface area (Å²) in [5.41, 5.74) is 0.621. The van der Waals surface area contributed by atoms with Gasteiger partial charge in [0.25, 0.3) is 5.91 Å². The first-order valence-electron chi connectivity index (χ1n) is 6.39. The van der Waals surface area contributed by atoms with Crippen LogP contribution in [0.3, 0.4) is 0 Å². The molecular weight excluding hydrogens is 301 g/mol. The second-order valence-corrected chi connectivity index (χ2v) is 5.67. The van der Waals surface area contributed by atoms with Gasteiger partial charge in [-0.1, -0.05) is 29.3 Å². The number of amides is 1. The molecule has 0 saturated heterocycles. The van der Waals surface area contributed by atoms with E-state index in [9.17, 15) is 9.59 Å². The van der Waals surface area contributed by atoms with Crippen LogP contribution in [-0.4, -0.2) is 24.0 Å². The number of benzene rings is 1. The van der Waals surface area contributed by atoms with Crippen LogP contribution in [0.1, 0.15) is 25.3 Å². The highest BCUT2D eigenvalue weighted by Crippen LogP contribution is 2.22. The highest BCUT2D eigenvalue weighted by Gasteiger charge is 2.27. The topological polar surface area (TPSA) is 55.4 Å². The summed E-state index contributed by atoms with van der Waals surface area (Å²) < 4.78 is 5.09. The first-order chi connectivity index (χ1) is 9.45. The maximum atomic E-state index is 11.8. The first kappa shape index (κ1) is 15.1. The average molecular weight is 316 g/mol. The number of hydrogen-bond donors (Lipinski definition) is 1. The minimum Gasteiger partial charge on any atom is -0.452 e. The molecule has 1 aromatic carbocycles. The van der Waals surface area contributed by atoms with Crippen molar-refractivity contribution < 1.29 is 14.3 Å². The van der Waals surface area contributed by atoms with E-state index in [-0.39, 0.29) is 18.4 Å². The van der Waals surface area contributed by atoms with Gasteiger partial charge in [-0.2, -0.15) is 0 Å². The summed E-state index contributed by atoms with van der Waals surface area (Å²) in [5, 5.41) is 3.69. The fraction of sp³-hybridized carbons (Fsp3) is 0.429. The lowest BCUT2D eigenvalue weighted by Gasteiger charge is -2.13. The third-order valence-electron chi connectivity index (χ3n) is 2.95. The van der Waals surface area contributed by atoms with Gasteiger partial charge in [0.15, 0.2) is 6.10 Å². The average Bonchev–Trinajstić information content (AvgIpc) is 3.16. The third kappa shape index (κ3) is 4.39. The number of ether oxygens (including phenoxy) is 1. The van der Waals surface area contributed by atoms with Crippen molar-refractivity contribution in [1.82, 2.24) is 5.32 Å². The van der Waals surface area contributed by atoms with Crippen LogP contribution in [0.25, 0.3) is 0 Å². The van der Waals surface area contributed by atoms with E-state index in [1.165, 1.54) is 0 Å². The Morgan fingerprint density at radius 2 is 2.10 bits per heavy atom. The molecule has 0 spiro atoms. The summed E-state index contributed by atoms with van der Waals surface area (Å²) in [4.78, 5) is 23.4. The Balaban J connectivity index is 1.86. The van der Waals surface area contributed by atoms with Crippen LogP contribution in [0.15, 0.2) is 18.2 Å². The zero-order valence-corrected chi connectivity index (χ0v) is 12.5. The molecule has 0 aliphatic heterocycles. The molecule has 1 aromatic rings. The molecule has 6 heteroatoms. The number of halogens is 2. The number of hydrogen-bond acceptors (Lipinski definition) is 3. The molecule has 1 saturated carbocycles. The van der Waals surface area contributed by atoms with Crippen LogP contribution < -0.4 is 5.32 Å². The van der Waals surface area contributed by atoms with Crippen molar-refractivity contribution in [1.29, 1.82) is 0 Å². The lowest BCUT2D eigenvalue weighted by molar-refractivity contribution is -0.154. The Bertz CT molecular complexity index is 529. The van der Waals surface area contributed by atoms with Crippen LogP contribution in [0.5, 0.6) is 0 Å². The molecule has 1 atom stereocenters. The molecule has 0 aromatic heterocycles. The summed E-state index contributed by atoms with van der Waals surface area (Å²) >= 11 is 11.8. The molecule has 0 unspecified atom stereocenters. The summed E-state index contributed by atoms with van der Waals surface area (Å²) in [7, 11) is 0. The Hall–Kier alpha value is -1.26. The normalized spacial score (nSPS) is 15.6. The van der Waals surface area contributed by atoms with E-state index < -0.39 is 12.1 Å². The lowest BCUT2D eigenvalue weighted by atomic mass is 10.1. The van der Waals surface area contributed by atoms with Gasteiger partial charge in [-0.05, 0) is 37.5 Å². The monoisotopic (exact) mass is 315 g/mol. The van der Waals surface area contributed by atoms with E-state index in [0.717, 1.165) is 12.8 Å². The van der Waals surface area contributed by atoms with E-state index in [1.807, 2.05) is 0 Å². The van der Waals surface area contributed by atoms with Crippen molar-refractivity contribution in [2.24, 2.45) is 0 Å². The Kier molecular flexibility index (Phi) is 4.89. The van der Waals surface area contributed by atoms with Gasteiger partial charge in [0, 0.05) is 16.1 Å². The maximum Gasteiger partial charge on any atom is 0.311 e. The fourth-order valence-corrected chi connectivity index (χ4v) is 2.13. The second-order valence-electron chi connectivity index (χ2n) is 4.83. The van der Waals surface area contributed by atoms with E-state index in [2.05, 4.69) is 5.32 Å². The molecule has 0 bridgehead atoms. The van der Waals surface area contributed by atoms with Crippen molar-refractivity contribution in [2.75, 3.05) is 0 Å². The van der Waals surface area contributed by atoms with Crippen molar-refractivity contribution >= 4 is 35.1 Å². The summed E-state index contributed by atoms with van der Waals surface area (Å²) in [6.45, 7) is 1.55. The summed E-state index contributed by atoms with van der Waals surface area (Å²) in [5.74, 6) is -0.754. The van der Waals surface area contributed by atoms with Crippen molar-refractivity contribution in [3.05, 3.63) is 33.8 Å². The minimum absolute atomic E-state index is 0.0110. The number of rotatable bonds is 5. The maximum absolute atomic E-state index is 11.8. The van der Waals surface area contributed by atoms with Gasteiger partial charge in [0.1, 0.15) is 0 Å². The lowest BCUT2D eigenvalue weighted by Crippen LogP contribution is -2.37. The van der Waals surface area contributed by atoms with Gasteiger partial charge in [-0.3, -0.25) is 9.59 Å². The number of carbonyl (C=O) groups is 2. The van der Waals surface area contributed by atoms with Crippen molar-refractivity contribution in [3.63, 3.8) is 0 Å². The van der Waals surface area contributed by atoms with Crippen molar-refractivity contribution in [2.45, 2.75) is 38.3 Å². The number of nitrogens with one attached hydrogen (secondary N) is 1. The van der Waals surface area contributed by atoms with Gasteiger partial charge in [-0.25, -0.2) is 0 Å². The van der Waals surface area contributed by atoms with Crippen molar-refractivity contribution in [3.8, 4) is 0 Å². The van der Waals surface area contributed by atoms with Gasteiger partial charge in [0.05, 0.1) is 6.42 Å². The zero-order chi connectivity index (χ0) is 14.7. The predicted octanol–water partition coefficient (Wildman–Crippen LogP) is 2.75. The first-order valence-corrected chi connectivity index (χ1v) is 7.15. The van der Waals surface area contributed by atoms with E-state index in [1.54, 1.807) is 25.1 Å². The van der Waals surface area contributed by atoms with Crippen LogP contribution in [0.4, 0.5) is 0 Å². The highest BCUT2D eigenvalue weighted by atomic mass is 35.5. The molecule has 1 fully saturated rings. The highest BCUT2D eigenvalue weighted by molar-refractivity contribution is 6.35. The second kappa shape index (κ2) is 6.46. The molecule has 1 aliphatic carbocycles. The molecule has 1 N–H and O–H groups in total. The number of carbonyl (C=O) groups excluding carboxylic acids is 2. The Morgan fingerprint density at radius 3 is 2.70 bits per heavy atom. The van der Waals surface area contributed by atoms with Crippen LogP contribution >= 0.6 is 23.2 Å². The molecule has 1 aliphatic rings. The molecule has 4 nitrogen and oxygen atoms in total. The zero-order valence-electron chi connectivity index (χ0n) is 11.0. The van der Waals surface area contributed by atoms with Gasteiger partial charge < -0.3 is 10.1 Å². The molecule has 108 valence electrons. The van der Waals surface area contributed by atoms with Crippen LogP contribution in [-0.2, 0) is 20.7 Å². The largest absolute Gasteiger partial charge is 0.452 e. The van der Waals surface area contributed by atoms with E-state index >= 15 is 0 Å². The van der Waals surface area contributed by atoms with Gasteiger partial charge >= 0.3 is 5.97 Å². The van der Waals surface area contributed by atoms with E-state index in [0.29, 0.717) is 15.6 Å². The molecule has 2 rings (SSSR count). The molecule has 1 amide bonds. The Morgan fingerprint density at radius 1 is 1.40 bits per heavy atom. The Labute approximate surface area is 127 Å². The predicted molar refractivity (Wildman–Crippen MR) is 76.9 cm³/mol. The van der Waals surface area contributed by atoms with Crippen LogP contribution in [0.2, 0.25) is 10.0 Å². The molecule has 20 heavy (non-hydrogen) atoms. The van der Waals surface area contributed by atoms with Gasteiger partial charge in [-0.15, -0.1) is 0 Å². The van der Waals surface area contributed by atoms with E-state index in [4.69, 9.17) is 27.9 Å². The standard InChI is InChI=1S/C14H15Cl2NO3/c1-8(14(19)17-11-4-5-11)20-13(18)6-9-2-3-10(15)7-12(9)16/h2-3,7-8,11H,4-6H2,1H3,(H,17,19)/t8-/m1/s1.